The monoisotopic (exact) mass is 531 g/mol. The van der Waals surface area contributed by atoms with E-state index in [1.165, 1.54) is 12.6 Å². The summed E-state index contributed by atoms with van der Waals surface area (Å²) in [7, 11) is -3.15. The number of rotatable bonds is 6. The Kier molecular flexibility index (Phi) is 6.77. The molecule has 2 aromatic rings. The van der Waals surface area contributed by atoms with Gasteiger partial charge in [-0.15, -0.1) is 11.3 Å². The lowest BCUT2D eigenvalue weighted by Gasteiger charge is -2.32. The van der Waals surface area contributed by atoms with E-state index in [1.54, 1.807) is 6.07 Å². The molecule has 12 heteroatoms. The standard InChI is InChI=1S/C23H32F3N5O2S2/c1-35(32,33)29-17-4-2-16(3-5-17)12-30-8-6-22(13-30)7-9-31(14-22)20-19-10-18(11-23(24,25)26)34-21(19)28-15-27-20/h10,15-17,29H,2-9,11-14H2,1H3/t16-,17-,22?. The molecule has 3 aliphatic rings. The molecule has 2 aliphatic heterocycles. The predicted molar refractivity (Wildman–Crippen MR) is 131 cm³/mol. The zero-order chi connectivity index (χ0) is 24.8. The van der Waals surface area contributed by atoms with Crippen molar-refractivity contribution in [1.82, 2.24) is 19.6 Å². The zero-order valence-electron chi connectivity index (χ0n) is 19.9. The lowest BCUT2D eigenvalue weighted by Crippen LogP contribution is -2.39. The summed E-state index contributed by atoms with van der Waals surface area (Å²) in [5.41, 5.74) is 0.192. The number of hydrogen-bond acceptors (Lipinski definition) is 7. The number of aromatic nitrogens is 2. The molecule has 5 rings (SSSR count). The maximum absolute atomic E-state index is 12.9. The van der Waals surface area contributed by atoms with Crippen molar-refractivity contribution in [3.63, 3.8) is 0 Å². The summed E-state index contributed by atoms with van der Waals surface area (Å²) in [5.74, 6) is 1.35. The molecule has 35 heavy (non-hydrogen) atoms. The summed E-state index contributed by atoms with van der Waals surface area (Å²) in [6.07, 6.45) is 3.57. The normalized spacial score (nSPS) is 28.5. The van der Waals surface area contributed by atoms with Crippen LogP contribution in [0, 0.1) is 11.3 Å². The largest absolute Gasteiger partial charge is 0.393 e. The fourth-order valence-electron chi connectivity index (χ4n) is 6.19. The predicted octanol–water partition coefficient (Wildman–Crippen LogP) is 3.81. The van der Waals surface area contributed by atoms with E-state index in [-0.39, 0.29) is 16.3 Å². The fourth-order valence-corrected chi connectivity index (χ4v) is 8.06. The molecule has 2 aromatic heterocycles. The Labute approximate surface area is 208 Å². The molecule has 1 unspecified atom stereocenters. The highest BCUT2D eigenvalue weighted by Crippen LogP contribution is 2.43. The third-order valence-corrected chi connectivity index (χ3v) is 9.54. The molecular formula is C23H32F3N5O2S2. The van der Waals surface area contributed by atoms with Crippen LogP contribution in [0.3, 0.4) is 0 Å². The van der Waals surface area contributed by atoms with Gasteiger partial charge in [-0.05, 0) is 57.1 Å². The van der Waals surface area contributed by atoms with Gasteiger partial charge < -0.3 is 9.80 Å². The number of nitrogens with zero attached hydrogens (tertiary/aromatic N) is 4. The van der Waals surface area contributed by atoms with E-state index in [9.17, 15) is 21.6 Å². The van der Waals surface area contributed by atoms with Crippen molar-refractivity contribution in [2.75, 3.05) is 43.9 Å². The lowest BCUT2D eigenvalue weighted by atomic mass is 9.85. The van der Waals surface area contributed by atoms with Gasteiger partial charge in [-0.25, -0.2) is 23.1 Å². The van der Waals surface area contributed by atoms with E-state index in [0.29, 0.717) is 10.7 Å². The molecule has 194 valence electrons. The van der Waals surface area contributed by atoms with E-state index >= 15 is 0 Å². The summed E-state index contributed by atoms with van der Waals surface area (Å²) < 4.78 is 64.4. The number of fused-ring (bicyclic) bond motifs is 1. The molecule has 4 heterocycles. The minimum Gasteiger partial charge on any atom is -0.355 e. The number of likely N-dealkylation sites (tertiary alicyclic amines) is 1. The van der Waals surface area contributed by atoms with Crippen molar-refractivity contribution in [3.8, 4) is 0 Å². The van der Waals surface area contributed by atoms with E-state index in [0.717, 1.165) is 93.8 Å². The Morgan fingerprint density at radius 3 is 2.60 bits per heavy atom. The molecule has 0 amide bonds. The molecule has 0 radical (unpaired) electrons. The van der Waals surface area contributed by atoms with Crippen LogP contribution in [-0.2, 0) is 16.4 Å². The van der Waals surface area contributed by atoms with Crippen LogP contribution < -0.4 is 9.62 Å². The van der Waals surface area contributed by atoms with Gasteiger partial charge in [0.1, 0.15) is 17.0 Å². The first kappa shape index (κ1) is 25.2. The average molecular weight is 532 g/mol. The van der Waals surface area contributed by atoms with Crippen LogP contribution in [0.25, 0.3) is 10.2 Å². The van der Waals surface area contributed by atoms with Gasteiger partial charge >= 0.3 is 6.18 Å². The smallest absolute Gasteiger partial charge is 0.355 e. The van der Waals surface area contributed by atoms with Gasteiger partial charge in [0, 0.05) is 42.5 Å². The molecule has 1 N–H and O–H groups in total. The van der Waals surface area contributed by atoms with Gasteiger partial charge in [0.25, 0.3) is 0 Å². The van der Waals surface area contributed by atoms with Crippen LogP contribution in [-0.4, -0.2) is 74.5 Å². The molecule has 2 saturated heterocycles. The molecular weight excluding hydrogens is 499 g/mol. The van der Waals surface area contributed by atoms with Gasteiger partial charge in [0.15, 0.2) is 0 Å². The third-order valence-electron chi connectivity index (χ3n) is 7.73. The van der Waals surface area contributed by atoms with E-state index in [1.807, 2.05) is 0 Å². The molecule has 1 saturated carbocycles. The number of sulfonamides is 1. The van der Waals surface area contributed by atoms with E-state index in [2.05, 4.69) is 24.5 Å². The zero-order valence-corrected chi connectivity index (χ0v) is 21.5. The van der Waals surface area contributed by atoms with Gasteiger partial charge in [-0.3, -0.25) is 0 Å². The summed E-state index contributed by atoms with van der Waals surface area (Å²) >= 11 is 1.10. The Bertz CT molecular complexity index is 1160. The van der Waals surface area contributed by atoms with Crippen molar-refractivity contribution < 1.29 is 21.6 Å². The quantitative estimate of drug-likeness (QED) is 0.611. The van der Waals surface area contributed by atoms with Crippen molar-refractivity contribution in [1.29, 1.82) is 0 Å². The third kappa shape index (κ3) is 6.08. The molecule has 0 aromatic carbocycles. The molecule has 0 bridgehead atoms. The highest BCUT2D eigenvalue weighted by atomic mass is 32.2. The van der Waals surface area contributed by atoms with Crippen LogP contribution in [0.4, 0.5) is 19.0 Å². The number of nitrogens with one attached hydrogen (secondary N) is 1. The van der Waals surface area contributed by atoms with Gasteiger partial charge in [0.2, 0.25) is 10.0 Å². The maximum Gasteiger partial charge on any atom is 0.393 e. The number of thiophene rings is 1. The highest BCUT2D eigenvalue weighted by molar-refractivity contribution is 7.88. The van der Waals surface area contributed by atoms with Crippen molar-refractivity contribution in [2.24, 2.45) is 11.3 Å². The molecule has 1 aliphatic carbocycles. The van der Waals surface area contributed by atoms with Crippen LogP contribution in [0.1, 0.15) is 43.4 Å². The highest BCUT2D eigenvalue weighted by Gasteiger charge is 2.44. The van der Waals surface area contributed by atoms with Crippen LogP contribution in [0.2, 0.25) is 0 Å². The Morgan fingerprint density at radius 1 is 1.14 bits per heavy atom. The number of halogens is 3. The van der Waals surface area contributed by atoms with Crippen molar-refractivity contribution >= 4 is 37.4 Å². The maximum atomic E-state index is 12.9. The Hall–Kier alpha value is -1.50. The summed E-state index contributed by atoms with van der Waals surface area (Å²) in [5, 5.41) is 0.725. The molecule has 1 spiro atoms. The lowest BCUT2D eigenvalue weighted by molar-refractivity contribution is -0.126. The number of anilines is 1. The Morgan fingerprint density at radius 2 is 1.89 bits per heavy atom. The molecule has 3 fully saturated rings. The van der Waals surface area contributed by atoms with Crippen LogP contribution >= 0.6 is 11.3 Å². The second-order valence-electron chi connectivity index (χ2n) is 10.7. The van der Waals surface area contributed by atoms with Gasteiger partial charge in [-0.1, -0.05) is 0 Å². The first-order valence-corrected chi connectivity index (χ1v) is 14.9. The summed E-state index contributed by atoms with van der Waals surface area (Å²) in [4.78, 5) is 14.4. The summed E-state index contributed by atoms with van der Waals surface area (Å²) in [6.45, 7) is 4.86. The SMILES string of the molecule is CS(=O)(=O)N[C@H]1CC[C@H](CN2CCC3(CCN(c4ncnc5sc(CC(F)(F)F)cc45)C3)C2)CC1. The number of hydrogen-bond donors (Lipinski definition) is 1. The first-order valence-electron chi connectivity index (χ1n) is 12.2. The van der Waals surface area contributed by atoms with Crippen molar-refractivity contribution in [2.45, 2.75) is 57.2 Å². The Balaban J connectivity index is 1.18. The molecule has 1 atom stereocenters. The minimum absolute atomic E-state index is 0.0630. The van der Waals surface area contributed by atoms with Gasteiger partial charge in [-0.2, -0.15) is 13.2 Å². The van der Waals surface area contributed by atoms with E-state index in [4.69, 9.17) is 0 Å². The number of alkyl halides is 3. The van der Waals surface area contributed by atoms with E-state index < -0.39 is 22.6 Å². The summed E-state index contributed by atoms with van der Waals surface area (Å²) in [6, 6.07) is 1.68. The van der Waals surface area contributed by atoms with Gasteiger partial charge in [0.05, 0.1) is 18.1 Å². The average Bonchev–Trinajstić information content (AvgIpc) is 3.45. The second-order valence-corrected chi connectivity index (χ2v) is 13.6. The molecule has 7 nitrogen and oxygen atoms in total. The van der Waals surface area contributed by atoms with Crippen molar-refractivity contribution in [3.05, 3.63) is 17.3 Å². The topological polar surface area (TPSA) is 78.4 Å². The first-order chi connectivity index (χ1) is 16.5. The minimum atomic E-state index is -4.23. The second kappa shape index (κ2) is 9.42. The fraction of sp³-hybridized carbons (Fsp3) is 0.739. The van der Waals surface area contributed by atoms with Crippen LogP contribution in [0.5, 0.6) is 0 Å². The van der Waals surface area contributed by atoms with Crippen LogP contribution in [0.15, 0.2) is 12.4 Å².